The molecular weight excluding hydrogens is 290 g/mol. The van der Waals surface area contributed by atoms with Crippen molar-refractivity contribution in [2.45, 2.75) is 45.6 Å². The summed E-state index contributed by atoms with van der Waals surface area (Å²) < 4.78 is 0. The first-order valence-electron chi connectivity index (χ1n) is 8.46. The molecular formula is C18H25N3O2. The lowest BCUT2D eigenvalue weighted by Gasteiger charge is -2.32. The first kappa shape index (κ1) is 15.8. The predicted octanol–water partition coefficient (Wildman–Crippen LogP) is 2.83. The monoisotopic (exact) mass is 315 g/mol. The van der Waals surface area contributed by atoms with E-state index in [9.17, 15) is 9.59 Å². The lowest BCUT2D eigenvalue weighted by molar-refractivity contribution is -0.121. The molecule has 1 unspecified atom stereocenters. The van der Waals surface area contributed by atoms with Gasteiger partial charge in [0.15, 0.2) is 0 Å². The van der Waals surface area contributed by atoms with Gasteiger partial charge in [0.25, 0.3) is 0 Å². The molecule has 3 rings (SSSR count). The Bertz CT molecular complexity index is 610. The highest BCUT2D eigenvalue weighted by atomic mass is 16.2. The summed E-state index contributed by atoms with van der Waals surface area (Å²) in [6.45, 7) is 5.29. The van der Waals surface area contributed by atoms with Crippen molar-refractivity contribution in [2.24, 2.45) is 5.92 Å². The van der Waals surface area contributed by atoms with E-state index >= 15 is 0 Å². The Morgan fingerprint density at radius 2 is 1.96 bits per heavy atom. The topological polar surface area (TPSA) is 61.4 Å². The highest BCUT2D eigenvalue weighted by Gasteiger charge is 2.31. The number of hydrogen-bond donors (Lipinski definition) is 2. The van der Waals surface area contributed by atoms with Crippen molar-refractivity contribution in [3.05, 3.63) is 29.3 Å². The molecule has 3 amide bonds. The summed E-state index contributed by atoms with van der Waals surface area (Å²) in [6, 6.07) is 6.34. The fourth-order valence-electron chi connectivity index (χ4n) is 3.06. The van der Waals surface area contributed by atoms with E-state index in [1.54, 1.807) is 4.90 Å². The zero-order valence-corrected chi connectivity index (χ0v) is 13.9. The summed E-state index contributed by atoms with van der Waals surface area (Å²) >= 11 is 0. The molecule has 0 bridgehead atoms. The average molecular weight is 315 g/mol. The van der Waals surface area contributed by atoms with Gasteiger partial charge in [-0.15, -0.1) is 0 Å². The van der Waals surface area contributed by atoms with Gasteiger partial charge in [-0.05, 0) is 51.2 Å². The van der Waals surface area contributed by atoms with Crippen LogP contribution in [0.15, 0.2) is 18.2 Å². The van der Waals surface area contributed by atoms with Crippen LogP contribution in [0.5, 0.6) is 0 Å². The molecule has 2 N–H and O–H groups in total. The summed E-state index contributed by atoms with van der Waals surface area (Å²) in [5, 5.41) is 6.03. The van der Waals surface area contributed by atoms with Crippen LogP contribution >= 0.6 is 0 Å². The van der Waals surface area contributed by atoms with Crippen LogP contribution in [0.3, 0.4) is 0 Å². The highest BCUT2D eigenvalue weighted by molar-refractivity contribution is 5.93. The normalized spacial score (nSPS) is 21.0. The minimum absolute atomic E-state index is 0.0147. The van der Waals surface area contributed by atoms with Gasteiger partial charge in [0.05, 0.1) is 5.92 Å². The van der Waals surface area contributed by atoms with Crippen LogP contribution in [-0.2, 0) is 4.79 Å². The number of amides is 3. The van der Waals surface area contributed by atoms with Crippen molar-refractivity contribution in [3.8, 4) is 0 Å². The number of carbonyl (C=O) groups excluding carboxylic acids is 2. The standard InChI is InChI=1S/C18H25N3O2/c1-12-5-8-16(13(2)10-12)20-17(22)14-4-3-9-21(11-14)18(23)19-15-6-7-15/h5,8,10,14-15H,3-4,6-7,9,11H2,1-2H3,(H,19,23)(H,20,22). The van der Waals surface area contributed by atoms with Gasteiger partial charge in [-0.1, -0.05) is 17.7 Å². The Balaban J connectivity index is 1.58. The maximum absolute atomic E-state index is 12.5. The lowest BCUT2D eigenvalue weighted by Crippen LogP contribution is -2.48. The summed E-state index contributed by atoms with van der Waals surface area (Å²) in [7, 11) is 0. The number of nitrogens with zero attached hydrogens (tertiary/aromatic N) is 1. The molecule has 2 fully saturated rings. The molecule has 0 spiro atoms. The number of nitrogens with one attached hydrogen (secondary N) is 2. The van der Waals surface area contributed by atoms with Gasteiger partial charge in [-0.25, -0.2) is 4.79 Å². The molecule has 1 saturated carbocycles. The average Bonchev–Trinajstić information content (AvgIpc) is 3.34. The molecule has 1 atom stereocenters. The van der Waals surface area contributed by atoms with Crippen LogP contribution in [0, 0.1) is 19.8 Å². The second-order valence-electron chi connectivity index (χ2n) is 6.82. The summed E-state index contributed by atoms with van der Waals surface area (Å²) in [5.41, 5.74) is 3.11. The van der Waals surface area contributed by atoms with Gasteiger partial charge in [-0.2, -0.15) is 0 Å². The molecule has 1 aliphatic heterocycles. The first-order chi connectivity index (χ1) is 11.0. The Morgan fingerprint density at radius 3 is 2.65 bits per heavy atom. The summed E-state index contributed by atoms with van der Waals surface area (Å²) in [6.07, 6.45) is 3.87. The zero-order chi connectivity index (χ0) is 16.4. The fraction of sp³-hybridized carbons (Fsp3) is 0.556. The highest BCUT2D eigenvalue weighted by Crippen LogP contribution is 2.23. The van der Waals surface area contributed by atoms with Crippen LogP contribution in [0.25, 0.3) is 0 Å². The summed E-state index contributed by atoms with van der Waals surface area (Å²) in [5.74, 6) is -0.115. The number of urea groups is 1. The molecule has 0 aromatic heterocycles. The molecule has 1 aliphatic carbocycles. The minimum Gasteiger partial charge on any atom is -0.335 e. The van der Waals surface area contributed by atoms with Crippen LogP contribution in [0.2, 0.25) is 0 Å². The molecule has 23 heavy (non-hydrogen) atoms. The van der Waals surface area contributed by atoms with E-state index in [4.69, 9.17) is 0 Å². The zero-order valence-electron chi connectivity index (χ0n) is 13.9. The van der Waals surface area contributed by atoms with Gasteiger partial charge < -0.3 is 15.5 Å². The Kier molecular flexibility index (Phi) is 4.55. The molecule has 1 saturated heterocycles. The van der Waals surface area contributed by atoms with Crippen molar-refractivity contribution >= 4 is 17.6 Å². The van der Waals surface area contributed by atoms with Crippen molar-refractivity contribution in [3.63, 3.8) is 0 Å². The SMILES string of the molecule is Cc1ccc(NC(=O)C2CCCN(C(=O)NC3CC3)C2)c(C)c1. The molecule has 2 aliphatic rings. The van der Waals surface area contributed by atoms with Crippen LogP contribution in [-0.4, -0.2) is 36.0 Å². The van der Waals surface area contributed by atoms with Crippen molar-refractivity contribution in [1.82, 2.24) is 10.2 Å². The van der Waals surface area contributed by atoms with Gasteiger partial charge in [0.1, 0.15) is 0 Å². The second kappa shape index (κ2) is 6.60. The number of piperidine rings is 1. The molecule has 5 nitrogen and oxygen atoms in total. The van der Waals surface area contributed by atoms with Gasteiger partial charge in [0, 0.05) is 24.8 Å². The van der Waals surface area contributed by atoms with Crippen LogP contribution < -0.4 is 10.6 Å². The van der Waals surface area contributed by atoms with E-state index in [0.29, 0.717) is 12.6 Å². The van der Waals surface area contributed by atoms with E-state index in [-0.39, 0.29) is 17.9 Å². The maximum atomic E-state index is 12.5. The van der Waals surface area contributed by atoms with Crippen LogP contribution in [0.4, 0.5) is 10.5 Å². The minimum atomic E-state index is -0.130. The van der Waals surface area contributed by atoms with Gasteiger partial charge >= 0.3 is 6.03 Å². The third kappa shape index (κ3) is 4.03. The Hall–Kier alpha value is -2.04. The van der Waals surface area contributed by atoms with Crippen molar-refractivity contribution in [1.29, 1.82) is 0 Å². The first-order valence-corrected chi connectivity index (χ1v) is 8.46. The summed E-state index contributed by atoms with van der Waals surface area (Å²) in [4.78, 5) is 26.5. The quantitative estimate of drug-likeness (QED) is 0.901. The molecule has 0 radical (unpaired) electrons. The maximum Gasteiger partial charge on any atom is 0.317 e. The van der Waals surface area contributed by atoms with Crippen molar-refractivity contribution < 1.29 is 9.59 Å². The molecule has 124 valence electrons. The van der Waals surface area contributed by atoms with Gasteiger partial charge in [-0.3, -0.25) is 4.79 Å². The number of carbonyl (C=O) groups is 2. The third-order valence-electron chi connectivity index (χ3n) is 4.62. The molecule has 1 heterocycles. The van der Waals surface area contributed by atoms with Crippen molar-refractivity contribution in [2.75, 3.05) is 18.4 Å². The predicted molar refractivity (Wildman–Crippen MR) is 90.4 cm³/mol. The van der Waals surface area contributed by atoms with E-state index in [1.165, 1.54) is 5.56 Å². The Morgan fingerprint density at radius 1 is 1.17 bits per heavy atom. The van der Waals surface area contributed by atoms with Crippen LogP contribution in [0.1, 0.15) is 36.8 Å². The van der Waals surface area contributed by atoms with E-state index in [1.807, 2.05) is 26.0 Å². The number of benzene rings is 1. The molecule has 1 aromatic rings. The number of likely N-dealkylation sites (tertiary alicyclic amines) is 1. The number of anilines is 1. The Labute approximate surface area is 137 Å². The smallest absolute Gasteiger partial charge is 0.317 e. The molecule has 5 heteroatoms. The number of rotatable bonds is 3. The largest absolute Gasteiger partial charge is 0.335 e. The van der Waals surface area contributed by atoms with E-state index in [2.05, 4.69) is 16.7 Å². The third-order valence-corrected chi connectivity index (χ3v) is 4.62. The number of aryl methyl sites for hydroxylation is 2. The second-order valence-corrected chi connectivity index (χ2v) is 6.82. The molecule has 1 aromatic carbocycles. The number of hydrogen-bond acceptors (Lipinski definition) is 2. The van der Waals surface area contributed by atoms with Gasteiger partial charge in [0.2, 0.25) is 5.91 Å². The lowest BCUT2D eigenvalue weighted by atomic mass is 9.97. The van der Waals surface area contributed by atoms with E-state index in [0.717, 1.165) is 43.5 Å². The van der Waals surface area contributed by atoms with E-state index < -0.39 is 0 Å². The fourth-order valence-corrected chi connectivity index (χ4v) is 3.06.